The number of benzene rings is 1. The van der Waals surface area contributed by atoms with Crippen molar-refractivity contribution in [1.29, 1.82) is 0 Å². The first-order chi connectivity index (χ1) is 13.9. The molecule has 1 aliphatic heterocycles. The van der Waals surface area contributed by atoms with E-state index in [1.165, 1.54) is 0 Å². The SMILES string of the molecule is C=CC(=CC=COC)N1CCN(CCC(OC(N)=O)c2ccc(Cl)cc2Cl)CC1. The summed E-state index contributed by atoms with van der Waals surface area (Å²) in [6, 6.07) is 5.13. The molecule has 0 saturated carbocycles. The van der Waals surface area contributed by atoms with Crippen molar-refractivity contribution in [2.24, 2.45) is 5.73 Å². The molecule has 1 aromatic carbocycles. The summed E-state index contributed by atoms with van der Waals surface area (Å²) in [6.45, 7) is 8.16. The summed E-state index contributed by atoms with van der Waals surface area (Å²) in [7, 11) is 1.61. The third-order valence-electron chi connectivity index (χ3n) is 4.70. The molecule has 6 nitrogen and oxygen atoms in total. The maximum absolute atomic E-state index is 11.4. The fourth-order valence-corrected chi connectivity index (χ4v) is 3.76. The molecule has 0 radical (unpaired) electrons. The Bertz CT molecular complexity index is 760. The van der Waals surface area contributed by atoms with Gasteiger partial charge in [-0.3, -0.25) is 4.90 Å². The summed E-state index contributed by atoms with van der Waals surface area (Å²) in [4.78, 5) is 15.9. The second-order valence-corrected chi connectivity index (χ2v) is 7.41. The summed E-state index contributed by atoms with van der Waals surface area (Å²) in [5.41, 5.74) is 7.02. The number of piperazine rings is 1. The Morgan fingerprint density at radius 1 is 1.31 bits per heavy atom. The number of carbonyl (C=O) groups is 1. The number of halogens is 2. The topological polar surface area (TPSA) is 68.0 Å². The molecule has 0 aliphatic carbocycles. The van der Waals surface area contributed by atoms with E-state index in [4.69, 9.17) is 38.4 Å². The lowest BCUT2D eigenvalue weighted by Gasteiger charge is -2.37. The number of methoxy groups -OCH3 is 1. The van der Waals surface area contributed by atoms with E-state index >= 15 is 0 Å². The molecule has 1 amide bonds. The summed E-state index contributed by atoms with van der Waals surface area (Å²) in [6.07, 6.45) is 6.55. The van der Waals surface area contributed by atoms with Gasteiger partial charge in [0.2, 0.25) is 0 Å². The van der Waals surface area contributed by atoms with E-state index < -0.39 is 12.2 Å². The number of ether oxygens (including phenoxy) is 2. The van der Waals surface area contributed by atoms with E-state index in [9.17, 15) is 4.79 Å². The first-order valence-corrected chi connectivity index (χ1v) is 10.1. The van der Waals surface area contributed by atoms with Gasteiger partial charge in [-0.2, -0.15) is 0 Å². The number of nitrogens with zero attached hydrogens (tertiary/aromatic N) is 2. The Labute approximate surface area is 182 Å². The van der Waals surface area contributed by atoms with Crippen LogP contribution < -0.4 is 5.73 Å². The number of primary amides is 1. The van der Waals surface area contributed by atoms with Crippen LogP contribution in [0.5, 0.6) is 0 Å². The van der Waals surface area contributed by atoms with Crippen LogP contribution in [0.3, 0.4) is 0 Å². The smallest absolute Gasteiger partial charge is 0.405 e. The van der Waals surface area contributed by atoms with Gasteiger partial charge in [0.15, 0.2) is 0 Å². The van der Waals surface area contributed by atoms with Gasteiger partial charge in [-0.25, -0.2) is 4.79 Å². The third-order valence-corrected chi connectivity index (χ3v) is 5.27. The first kappa shape index (κ1) is 23.1. The van der Waals surface area contributed by atoms with Gasteiger partial charge in [-0.05, 0) is 30.4 Å². The number of nitrogens with two attached hydrogens (primary N) is 1. The molecule has 1 fully saturated rings. The minimum Gasteiger partial charge on any atom is -0.504 e. The molecule has 2 rings (SSSR count). The predicted molar refractivity (Wildman–Crippen MR) is 117 cm³/mol. The molecule has 1 heterocycles. The average Bonchev–Trinajstić information content (AvgIpc) is 2.69. The van der Waals surface area contributed by atoms with Crippen LogP contribution in [0.4, 0.5) is 4.79 Å². The highest BCUT2D eigenvalue weighted by Gasteiger charge is 2.22. The second-order valence-electron chi connectivity index (χ2n) is 6.57. The van der Waals surface area contributed by atoms with Crippen LogP contribution in [0.1, 0.15) is 18.1 Å². The van der Waals surface area contributed by atoms with Gasteiger partial charge < -0.3 is 20.1 Å². The maximum atomic E-state index is 11.4. The standard InChI is InChI=1S/C21H27Cl2N3O3/c1-3-17(5-4-14-28-2)26-12-10-25(11-13-26)9-8-20(29-21(24)27)18-7-6-16(22)15-19(18)23/h3-7,14-15,20H,1,8-13H2,2H3,(H2,24,27). The fourth-order valence-electron chi connectivity index (χ4n) is 3.23. The monoisotopic (exact) mass is 439 g/mol. The van der Waals surface area contributed by atoms with Gasteiger partial charge >= 0.3 is 6.09 Å². The number of amides is 1. The van der Waals surface area contributed by atoms with E-state index in [1.807, 2.05) is 18.2 Å². The second kappa shape index (κ2) is 11.8. The van der Waals surface area contributed by atoms with Gasteiger partial charge in [-0.15, -0.1) is 0 Å². The fraction of sp³-hybridized carbons (Fsp3) is 0.381. The molecular formula is C21H27Cl2N3O3. The van der Waals surface area contributed by atoms with Gasteiger partial charge in [0.25, 0.3) is 0 Å². The van der Waals surface area contributed by atoms with Crippen LogP contribution in [0.25, 0.3) is 0 Å². The molecule has 29 heavy (non-hydrogen) atoms. The number of allylic oxidation sites excluding steroid dienone is 3. The highest BCUT2D eigenvalue weighted by Crippen LogP contribution is 2.31. The van der Waals surface area contributed by atoms with Crippen LogP contribution in [-0.2, 0) is 9.47 Å². The highest BCUT2D eigenvalue weighted by molar-refractivity contribution is 6.35. The van der Waals surface area contributed by atoms with E-state index in [2.05, 4.69) is 16.4 Å². The number of hydrogen-bond acceptors (Lipinski definition) is 5. The van der Waals surface area contributed by atoms with E-state index in [1.54, 1.807) is 31.6 Å². The molecule has 0 bridgehead atoms. The molecule has 2 N–H and O–H groups in total. The zero-order valence-corrected chi connectivity index (χ0v) is 18.0. The number of hydrogen-bond donors (Lipinski definition) is 1. The van der Waals surface area contributed by atoms with Crippen molar-refractivity contribution in [3.63, 3.8) is 0 Å². The number of rotatable bonds is 9. The van der Waals surface area contributed by atoms with Crippen molar-refractivity contribution in [2.45, 2.75) is 12.5 Å². The van der Waals surface area contributed by atoms with E-state index in [0.29, 0.717) is 22.0 Å². The zero-order valence-electron chi connectivity index (χ0n) is 16.5. The largest absolute Gasteiger partial charge is 0.504 e. The summed E-state index contributed by atoms with van der Waals surface area (Å²) < 4.78 is 10.2. The van der Waals surface area contributed by atoms with Crippen LogP contribution in [0, 0.1) is 0 Å². The zero-order chi connectivity index (χ0) is 21.2. The Balaban J connectivity index is 1.94. The molecule has 0 aromatic heterocycles. The minimum absolute atomic E-state index is 0.457. The van der Waals surface area contributed by atoms with Crippen molar-refractivity contribution in [3.8, 4) is 0 Å². The van der Waals surface area contributed by atoms with Gasteiger partial charge in [0.1, 0.15) is 6.10 Å². The van der Waals surface area contributed by atoms with Gasteiger partial charge in [0.05, 0.1) is 13.4 Å². The summed E-state index contributed by atoms with van der Waals surface area (Å²) >= 11 is 12.2. The van der Waals surface area contributed by atoms with Crippen molar-refractivity contribution in [3.05, 3.63) is 70.6 Å². The Hall–Kier alpha value is -2.15. The first-order valence-electron chi connectivity index (χ1n) is 9.35. The van der Waals surface area contributed by atoms with Crippen molar-refractivity contribution in [1.82, 2.24) is 9.80 Å². The Morgan fingerprint density at radius 3 is 2.62 bits per heavy atom. The lowest BCUT2D eigenvalue weighted by Crippen LogP contribution is -2.46. The normalized spacial score (nSPS) is 16.7. The van der Waals surface area contributed by atoms with Crippen LogP contribution in [0.2, 0.25) is 10.0 Å². The predicted octanol–water partition coefficient (Wildman–Crippen LogP) is 4.37. The average molecular weight is 440 g/mol. The van der Waals surface area contributed by atoms with Gasteiger partial charge in [0, 0.05) is 60.5 Å². The minimum atomic E-state index is -0.823. The highest BCUT2D eigenvalue weighted by atomic mass is 35.5. The molecule has 1 aromatic rings. The molecule has 1 saturated heterocycles. The molecule has 1 unspecified atom stereocenters. The maximum Gasteiger partial charge on any atom is 0.405 e. The Kier molecular flexibility index (Phi) is 9.38. The van der Waals surface area contributed by atoms with Crippen molar-refractivity contribution in [2.75, 3.05) is 39.8 Å². The molecule has 1 atom stereocenters. The van der Waals surface area contributed by atoms with Crippen LogP contribution in [-0.4, -0.2) is 55.7 Å². The van der Waals surface area contributed by atoms with Crippen molar-refractivity contribution >= 4 is 29.3 Å². The van der Waals surface area contributed by atoms with Crippen LogP contribution in [0.15, 0.2) is 55.0 Å². The molecule has 0 spiro atoms. The molecule has 8 heteroatoms. The lowest BCUT2D eigenvalue weighted by molar-refractivity contribution is 0.0840. The molecular weight excluding hydrogens is 413 g/mol. The Morgan fingerprint density at radius 2 is 2.03 bits per heavy atom. The number of carbonyl (C=O) groups excluding carboxylic acids is 1. The van der Waals surface area contributed by atoms with E-state index in [-0.39, 0.29) is 0 Å². The summed E-state index contributed by atoms with van der Waals surface area (Å²) in [5, 5.41) is 0.984. The van der Waals surface area contributed by atoms with Crippen LogP contribution >= 0.6 is 23.2 Å². The van der Waals surface area contributed by atoms with E-state index in [0.717, 1.165) is 38.4 Å². The summed E-state index contributed by atoms with van der Waals surface area (Å²) in [5.74, 6) is 0. The third kappa shape index (κ3) is 7.31. The quantitative estimate of drug-likeness (QED) is 0.456. The lowest BCUT2D eigenvalue weighted by atomic mass is 10.1. The molecule has 1 aliphatic rings. The van der Waals surface area contributed by atoms with Crippen molar-refractivity contribution < 1.29 is 14.3 Å². The molecule has 158 valence electrons. The van der Waals surface area contributed by atoms with Gasteiger partial charge in [-0.1, -0.05) is 35.8 Å².